The molecule has 0 atom stereocenters. The predicted molar refractivity (Wildman–Crippen MR) is 61.8 cm³/mol. The summed E-state index contributed by atoms with van der Waals surface area (Å²) in [4.78, 5) is 15.5. The highest BCUT2D eigenvalue weighted by atomic mass is 19.1. The van der Waals surface area contributed by atoms with Crippen LogP contribution in [0.4, 0.5) is 4.39 Å². The Morgan fingerprint density at radius 3 is 2.76 bits per heavy atom. The second-order valence-electron chi connectivity index (χ2n) is 3.76. The number of nitrogens with one attached hydrogen (secondary N) is 1. The normalized spacial score (nSPS) is 10.9. The minimum atomic E-state index is -0.343. The summed E-state index contributed by atoms with van der Waals surface area (Å²) in [5.74, 6) is 0.183. The molecule has 1 aromatic carbocycles. The van der Waals surface area contributed by atoms with Crippen molar-refractivity contribution in [2.45, 2.75) is 6.92 Å². The lowest BCUT2D eigenvalue weighted by Gasteiger charge is -1.94. The molecular weight excluding hydrogens is 219 g/mol. The molecule has 3 rings (SSSR count). The van der Waals surface area contributed by atoms with Gasteiger partial charge in [-0.05, 0) is 19.1 Å². The van der Waals surface area contributed by atoms with E-state index in [-0.39, 0.29) is 5.82 Å². The molecule has 0 unspecified atom stereocenters. The maximum atomic E-state index is 13.5. The summed E-state index contributed by atoms with van der Waals surface area (Å²) in [6.45, 7) is 1.86. The van der Waals surface area contributed by atoms with Gasteiger partial charge in [-0.25, -0.2) is 14.4 Å². The third-order valence-corrected chi connectivity index (χ3v) is 2.49. The van der Waals surface area contributed by atoms with Gasteiger partial charge in [-0.3, -0.25) is 4.98 Å². The van der Waals surface area contributed by atoms with Gasteiger partial charge in [0.1, 0.15) is 11.2 Å². The van der Waals surface area contributed by atoms with Crippen LogP contribution in [0.15, 0.2) is 30.6 Å². The Morgan fingerprint density at radius 1 is 1.18 bits per heavy atom. The first kappa shape index (κ1) is 9.89. The molecule has 0 radical (unpaired) electrons. The highest BCUT2D eigenvalue weighted by Crippen LogP contribution is 2.20. The Balaban J connectivity index is 2.18. The van der Waals surface area contributed by atoms with Gasteiger partial charge in [0.05, 0.1) is 17.4 Å². The topological polar surface area (TPSA) is 54.5 Å². The van der Waals surface area contributed by atoms with Gasteiger partial charge in [-0.1, -0.05) is 6.07 Å². The molecule has 0 spiro atoms. The molecule has 84 valence electrons. The van der Waals surface area contributed by atoms with Gasteiger partial charge in [0.15, 0.2) is 11.6 Å². The fourth-order valence-corrected chi connectivity index (χ4v) is 1.63. The molecule has 0 bridgehead atoms. The fraction of sp³-hybridized carbons (Fsp3) is 0.0833. The molecule has 0 aliphatic carbocycles. The number of aromatic amines is 1. The molecule has 2 heterocycles. The van der Waals surface area contributed by atoms with Crippen molar-refractivity contribution in [3.05, 3.63) is 42.1 Å². The SMILES string of the molecule is Cc1cnc(-c2nc3c(F)cccc3[nH]2)cn1. The van der Waals surface area contributed by atoms with Crippen LogP contribution in [-0.4, -0.2) is 19.9 Å². The van der Waals surface area contributed by atoms with Gasteiger partial charge in [-0.15, -0.1) is 0 Å². The Labute approximate surface area is 96.6 Å². The summed E-state index contributed by atoms with van der Waals surface area (Å²) in [7, 11) is 0. The zero-order valence-corrected chi connectivity index (χ0v) is 9.11. The second kappa shape index (κ2) is 3.62. The maximum absolute atomic E-state index is 13.5. The van der Waals surface area contributed by atoms with E-state index in [9.17, 15) is 4.39 Å². The first-order chi connectivity index (χ1) is 8.24. The zero-order chi connectivity index (χ0) is 11.8. The first-order valence-electron chi connectivity index (χ1n) is 5.17. The Kier molecular flexibility index (Phi) is 2.11. The monoisotopic (exact) mass is 228 g/mol. The molecule has 0 saturated heterocycles. The number of nitrogens with zero attached hydrogens (tertiary/aromatic N) is 3. The van der Waals surface area contributed by atoms with Crippen LogP contribution in [0.5, 0.6) is 0 Å². The molecule has 2 aromatic heterocycles. The van der Waals surface area contributed by atoms with E-state index in [4.69, 9.17) is 0 Å². The Hall–Kier alpha value is -2.30. The number of halogens is 1. The van der Waals surface area contributed by atoms with Crippen molar-refractivity contribution in [2.75, 3.05) is 0 Å². The molecular formula is C12H9FN4. The number of aromatic nitrogens is 4. The number of rotatable bonds is 1. The van der Waals surface area contributed by atoms with Crippen LogP contribution in [0.25, 0.3) is 22.6 Å². The summed E-state index contributed by atoms with van der Waals surface area (Å²) >= 11 is 0. The van der Waals surface area contributed by atoms with E-state index in [0.29, 0.717) is 22.6 Å². The highest BCUT2D eigenvalue weighted by molar-refractivity contribution is 5.79. The molecule has 0 fully saturated rings. The minimum absolute atomic E-state index is 0.324. The largest absolute Gasteiger partial charge is 0.337 e. The first-order valence-corrected chi connectivity index (χ1v) is 5.17. The average molecular weight is 228 g/mol. The quantitative estimate of drug-likeness (QED) is 0.696. The lowest BCUT2D eigenvalue weighted by molar-refractivity contribution is 0.637. The maximum Gasteiger partial charge on any atom is 0.158 e. The van der Waals surface area contributed by atoms with Crippen molar-refractivity contribution >= 4 is 11.0 Å². The molecule has 4 nitrogen and oxygen atoms in total. The van der Waals surface area contributed by atoms with Gasteiger partial charge in [0.25, 0.3) is 0 Å². The van der Waals surface area contributed by atoms with E-state index in [1.807, 2.05) is 6.92 Å². The van der Waals surface area contributed by atoms with E-state index < -0.39 is 0 Å². The van der Waals surface area contributed by atoms with Crippen LogP contribution >= 0.6 is 0 Å². The minimum Gasteiger partial charge on any atom is -0.337 e. The van der Waals surface area contributed by atoms with Gasteiger partial charge < -0.3 is 4.98 Å². The van der Waals surface area contributed by atoms with Crippen LogP contribution in [-0.2, 0) is 0 Å². The van der Waals surface area contributed by atoms with Gasteiger partial charge in [-0.2, -0.15) is 0 Å². The van der Waals surface area contributed by atoms with Crippen molar-refractivity contribution < 1.29 is 4.39 Å². The summed E-state index contributed by atoms with van der Waals surface area (Å²) in [6, 6.07) is 4.80. The van der Waals surface area contributed by atoms with E-state index in [0.717, 1.165) is 5.69 Å². The highest BCUT2D eigenvalue weighted by Gasteiger charge is 2.09. The number of hydrogen-bond acceptors (Lipinski definition) is 3. The van der Waals surface area contributed by atoms with Crippen molar-refractivity contribution in [1.82, 2.24) is 19.9 Å². The van der Waals surface area contributed by atoms with E-state index in [1.54, 1.807) is 24.5 Å². The van der Waals surface area contributed by atoms with Gasteiger partial charge >= 0.3 is 0 Å². The number of benzene rings is 1. The second-order valence-corrected chi connectivity index (χ2v) is 3.76. The molecule has 3 aromatic rings. The molecule has 0 aliphatic heterocycles. The molecule has 1 N–H and O–H groups in total. The number of aryl methyl sites for hydroxylation is 1. The van der Waals surface area contributed by atoms with Crippen LogP contribution in [0.3, 0.4) is 0 Å². The van der Waals surface area contributed by atoms with Crippen LogP contribution in [0.1, 0.15) is 5.69 Å². The van der Waals surface area contributed by atoms with E-state index >= 15 is 0 Å². The standard InChI is InChI=1S/C12H9FN4/c1-7-5-15-10(6-14-7)12-16-9-4-2-3-8(13)11(9)17-12/h2-6H,1H3,(H,16,17). The summed E-state index contributed by atoms with van der Waals surface area (Å²) in [5, 5.41) is 0. The molecule has 17 heavy (non-hydrogen) atoms. The summed E-state index contributed by atoms with van der Waals surface area (Å²) in [6.07, 6.45) is 3.27. The number of fused-ring (bicyclic) bond motifs is 1. The third kappa shape index (κ3) is 1.65. The fourth-order valence-electron chi connectivity index (χ4n) is 1.63. The number of hydrogen-bond donors (Lipinski definition) is 1. The average Bonchev–Trinajstić information content (AvgIpc) is 2.75. The lowest BCUT2D eigenvalue weighted by Crippen LogP contribution is -1.89. The van der Waals surface area contributed by atoms with Crippen LogP contribution < -0.4 is 0 Å². The van der Waals surface area contributed by atoms with Crippen LogP contribution in [0, 0.1) is 12.7 Å². The number of para-hydroxylation sites is 1. The van der Waals surface area contributed by atoms with Gasteiger partial charge in [0, 0.05) is 6.20 Å². The third-order valence-electron chi connectivity index (χ3n) is 2.49. The molecule has 5 heteroatoms. The van der Waals surface area contributed by atoms with Crippen molar-refractivity contribution in [3.8, 4) is 11.5 Å². The van der Waals surface area contributed by atoms with E-state index in [1.165, 1.54) is 6.07 Å². The number of imidazole rings is 1. The van der Waals surface area contributed by atoms with Crippen LogP contribution in [0.2, 0.25) is 0 Å². The zero-order valence-electron chi connectivity index (χ0n) is 9.11. The van der Waals surface area contributed by atoms with Gasteiger partial charge in [0.2, 0.25) is 0 Å². The molecule has 0 amide bonds. The molecule has 0 aliphatic rings. The predicted octanol–water partition coefficient (Wildman–Crippen LogP) is 2.47. The number of H-pyrrole nitrogens is 1. The van der Waals surface area contributed by atoms with Crippen molar-refractivity contribution in [2.24, 2.45) is 0 Å². The lowest BCUT2D eigenvalue weighted by atomic mass is 10.3. The Bertz CT molecular complexity index is 673. The van der Waals surface area contributed by atoms with E-state index in [2.05, 4.69) is 19.9 Å². The van der Waals surface area contributed by atoms with Crippen molar-refractivity contribution in [1.29, 1.82) is 0 Å². The summed E-state index contributed by atoms with van der Waals surface area (Å²) in [5.41, 5.74) is 2.41. The summed E-state index contributed by atoms with van der Waals surface area (Å²) < 4.78 is 13.5. The Morgan fingerprint density at radius 2 is 2.06 bits per heavy atom. The molecule has 0 saturated carbocycles. The smallest absolute Gasteiger partial charge is 0.158 e. The van der Waals surface area contributed by atoms with Crippen molar-refractivity contribution in [3.63, 3.8) is 0 Å².